The van der Waals surface area contributed by atoms with E-state index >= 15 is 0 Å². The Balaban J connectivity index is 0.000000878. The molecule has 2 N–H and O–H groups in total. The summed E-state index contributed by atoms with van der Waals surface area (Å²) in [5.74, 6) is -1.24. The molecule has 1 amide bonds. The highest BCUT2D eigenvalue weighted by Gasteiger charge is 2.26. The molecule has 10 heteroatoms. The molecule has 1 aromatic heterocycles. The van der Waals surface area contributed by atoms with Crippen LogP contribution in [0.2, 0.25) is 0 Å². The average Bonchev–Trinajstić information content (AvgIpc) is 2.67. The fourth-order valence-electron chi connectivity index (χ4n) is 3.44. The molecule has 2 aliphatic heterocycles. The van der Waals surface area contributed by atoms with Gasteiger partial charge in [-0.2, -0.15) is 0 Å². The van der Waals surface area contributed by atoms with Gasteiger partial charge in [-0.25, -0.2) is 4.79 Å². The van der Waals surface area contributed by atoms with E-state index < -0.39 is 11.5 Å². The van der Waals surface area contributed by atoms with Crippen molar-refractivity contribution in [3.8, 4) is 0 Å². The minimum atomic E-state index is -1.20. The maximum atomic E-state index is 12.6. The van der Waals surface area contributed by atoms with Crippen molar-refractivity contribution in [3.05, 3.63) is 33.2 Å². The SMILES string of the molecule is CC(=O)N1CCc2c(cn(CCN3CCOCC3)c(=O)c2C(=O)O)C1.O=CO. The summed E-state index contributed by atoms with van der Waals surface area (Å²) in [6, 6.07) is 0. The van der Waals surface area contributed by atoms with Gasteiger partial charge < -0.3 is 24.4 Å². The zero-order valence-corrected chi connectivity index (χ0v) is 15.8. The number of carboxylic acids is 1. The lowest BCUT2D eigenvalue weighted by atomic mass is 9.96. The van der Waals surface area contributed by atoms with Gasteiger partial charge in [0, 0.05) is 52.4 Å². The minimum Gasteiger partial charge on any atom is -0.483 e. The predicted molar refractivity (Wildman–Crippen MR) is 98.4 cm³/mol. The third kappa shape index (κ3) is 5.17. The number of hydrogen-bond acceptors (Lipinski definition) is 6. The molecular formula is C18H25N3O7. The molecule has 154 valence electrons. The van der Waals surface area contributed by atoms with Crippen LogP contribution >= 0.6 is 0 Å². The number of aromatic nitrogens is 1. The second-order valence-corrected chi connectivity index (χ2v) is 6.56. The Morgan fingerprint density at radius 2 is 1.86 bits per heavy atom. The molecule has 3 rings (SSSR count). The summed E-state index contributed by atoms with van der Waals surface area (Å²) < 4.78 is 6.78. The largest absolute Gasteiger partial charge is 0.483 e. The van der Waals surface area contributed by atoms with Crippen molar-refractivity contribution in [2.75, 3.05) is 39.4 Å². The number of hydrogen-bond donors (Lipinski definition) is 2. The van der Waals surface area contributed by atoms with Gasteiger partial charge in [0.2, 0.25) is 5.91 Å². The second-order valence-electron chi connectivity index (χ2n) is 6.56. The lowest BCUT2D eigenvalue weighted by Gasteiger charge is -2.30. The Morgan fingerprint density at radius 3 is 2.43 bits per heavy atom. The molecule has 0 saturated carbocycles. The Morgan fingerprint density at radius 1 is 1.21 bits per heavy atom. The number of amides is 1. The zero-order valence-electron chi connectivity index (χ0n) is 15.8. The van der Waals surface area contributed by atoms with Gasteiger partial charge in [-0.1, -0.05) is 0 Å². The number of carbonyl (C=O) groups excluding carboxylic acids is 1. The zero-order chi connectivity index (χ0) is 20.7. The van der Waals surface area contributed by atoms with Crippen molar-refractivity contribution < 1.29 is 29.3 Å². The number of morpholine rings is 1. The van der Waals surface area contributed by atoms with Crippen LogP contribution in [0.15, 0.2) is 11.0 Å². The molecule has 1 saturated heterocycles. The molecule has 0 spiro atoms. The van der Waals surface area contributed by atoms with E-state index in [-0.39, 0.29) is 17.9 Å². The van der Waals surface area contributed by atoms with Gasteiger partial charge in [0.05, 0.1) is 13.2 Å². The fraction of sp³-hybridized carbons (Fsp3) is 0.556. The van der Waals surface area contributed by atoms with Gasteiger partial charge in [-0.3, -0.25) is 19.3 Å². The van der Waals surface area contributed by atoms with Gasteiger partial charge in [0.1, 0.15) is 5.56 Å². The average molecular weight is 395 g/mol. The smallest absolute Gasteiger partial charge is 0.341 e. The van der Waals surface area contributed by atoms with Gasteiger partial charge in [0.15, 0.2) is 0 Å². The molecule has 1 aromatic rings. The molecule has 0 atom stereocenters. The topological polar surface area (TPSA) is 129 Å². The number of pyridine rings is 1. The van der Waals surface area contributed by atoms with Crippen LogP contribution in [0.25, 0.3) is 0 Å². The van der Waals surface area contributed by atoms with Crippen LogP contribution in [0.3, 0.4) is 0 Å². The molecule has 10 nitrogen and oxygen atoms in total. The van der Waals surface area contributed by atoms with Crippen LogP contribution in [-0.2, 0) is 33.8 Å². The van der Waals surface area contributed by atoms with E-state index in [1.165, 1.54) is 11.5 Å². The van der Waals surface area contributed by atoms with Crippen molar-refractivity contribution >= 4 is 18.3 Å². The van der Waals surface area contributed by atoms with E-state index in [9.17, 15) is 19.5 Å². The summed E-state index contributed by atoms with van der Waals surface area (Å²) in [7, 11) is 0. The van der Waals surface area contributed by atoms with E-state index in [2.05, 4.69) is 4.90 Å². The van der Waals surface area contributed by atoms with Crippen LogP contribution in [0, 0.1) is 0 Å². The Hall–Kier alpha value is -2.72. The molecule has 0 aliphatic carbocycles. The van der Waals surface area contributed by atoms with E-state index in [1.807, 2.05) is 0 Å². The fourth-order valence-corrected chi connectivity index (χ4v) is 3.44. The summed E-state index contributed by atoms with van der Waals surface area (Å²) >= 11 is 0. The number of carboxylic acid groups (broad SMARTS) is 2. The van der Waals surface area contributed by atoms with Crippen molar-refractivity contribution in [3.63, 3.8) is 0 Å². The van der Waals surface area contributed by atoms with E-state index in [0.29, 0.717) is 51.4 Å². The number of nitrogens with zero attached hydrogens (tertiary/aromatic N) is 3. The minimum absolute atomic E-state index is 0.0476. The number of fused-ring (bicyclic) bond motifs is 1. The van der Waals surface area contributed by atoms with Gasteiger partial charge in [-0.15, -0.1) is 0 Å². The summed E-state index contributed by atoms with van der Waals surface area (Å²) in [6.07, 6.45) is 2.12. The number of ether oxygens (including phenoxy) is 1. The lowest BCUT2D eigenvalue weighted by Crippen LogP contribution is -2.41. The number of carbonyl (C=O) groups is 3. The molecule has 0 unspecified atom stereocenters. The Labute approximate surface area is 161 Å². The number of aromatic carboxylic acids is 1. The molecular weight excluding hydrogens is 370 g/mol. The van der Waals surface area contributed by atoms with Crippen LogP contribution in [-0.4, -0.2) is 82.3 Å². The second kappa shape index (κ2) is 10.00. The van der Waals surface area contributed by atoms with E-state index in [0.717, 1.165) is 18.7 Å². The highest BCUT2D eigenvalue weighted by Crippen LogP contribution is 2.21. The van der Waals surface area contributed by atoms with Crippen LogP contribution < -0.4 is 5.56 Å². The van der Waals surface area contributed by atoms with Crippen molar-refractivity contribution in [1.82, 2.24) is 14.4 Å². The van der Waals surface area contributed by atoms with E-state index in [4.69, 9.17) is 14.6 Å². The maximum Gasteiger partial charge on any atom is 0.341 e. The molecule has 0 bridgehead atoms. The van der Waals surface area contributed by atoms with Gasteiger partial charge >= 0.3 is 5.97 Å². The third-order valence-electron chi connectivity index (χ3n) is 4.89. The molecule has 0 aromatic carbocycles. The standard InChI is InChI=1S/C17H23N3O5.CH2O2/c1-12(21)19-3-2-14-13(10-19)11-20(16(22)15(14)17(23)24)5-4-18-6-8-25-9-7-18;2-1-3/h11H,2-10H2,1H3,(H,23,24);1H,(H,2,3). The third-order valence-corrected chi connectivity index (χ3v) is 4.89. The van der Waals surface area contributed by atoms with E-state index in [1.54, 1.807) is 11.1 Å². The normalized spacial score (nSPS) is 16.5. The first-order valence-electron chi connectivity index (χ1n) is 9.01. The highest BCUT2D eigenvalue weighted by atomic mass is 16.5. The molecule has 1 fully saturated rings. The maximum absolute atomic E-state index is 12.6. The first-order valence-corrected chi connectivity index (χ1v) is 9.01. The Bertz CT molecular complexity index is 784. The first kappa shape index (κ1) is 21.6. The summed E-state index contributed by atoms with van der Waals surface area (Å²) in [4.78, 5) is 48.1. The molecule has 0 radical (unpaired) electrons. The van der Waals surface area contributed by atoms with Gasteiger partial charge in [-0.05, 0) is 17.5 Å². The number of rotatable bonds is 4. The van der Waals surface area contributed by atoms with Gasteiger partial charge in [0.25, 0.3) is 12.0 Å². The Kier molecular flexibility index (Phi) is 7.70. The predicted octanol–water partition coefficient (Wildman–Crippen LogP) is -0.516. The van der Waals surface area contributed by atoms with Crippen molar-refractivity contribution in [2.24, 2.45) is 0 Å². The highest BCUT2D eigenvalue weighted by molar-refractivity contribution is 5.89. The molecule has 2 aliphatic rings. The quantitative estimate of drug-likeness (QED) is 0.652. The van der Waals surface area contributed by atoms with Crippen LogP contribution in [0.1, 0.15) is 28.4 Å². The summed E-state index contributed by atoms with van der Waals surface area (Å²) in [5.41, 5.74) is 0.705. The van der Waals surface area contributed by atoms with Crippen molar-refractivity contribution in [1.29, 1.82) is 0 Å². The monoisotopic (exact) mass is 395 g/mol. The lowest BCUT2D eigenvalue weighted by molar-refractivity contribution is -0.129. The van der Waals surface area contributed by atoms with Crippen LogP contribution in [0.4, 0.5) is 0 Å². The first-order chi connectivity index (χ1) is 13.4. The molecule has 28 heavy (non-hydrogen) atoms. The van der Waals surface area contributed by atoms with Crippen LogP contribution in [0.5, 0.6) is 0 Å². The summed E-state index contributed by atoms with van der Waals surface area (Å²) in [5, 5.41) is 16.4. The molecule has 3 heterocycles. The van der Waals surface area contributed by atoms with Crippen molar-refractivity contribution in [2.45, 2.75) is 26.4 Å². The summed E-state index contributed by atoms with van der Waals surface area (Å²) in [6.45, 7) is 6.09.